The predicted octanol–water partition coefficient (Wildman–Crippen LogP) is 5.28. The molecule has 5 nitrogen and oxygen atoms in total. The minimum Gasteiger partial charge on any atom is -0.341 e. The lowest BCUT2D eigenvalue weighted by atomic mass is 10.1. The fraction of sp³-hybridized carbons (Fsp3) is 0.435. The summed E-state index contributed by atoms with van der Waals surface area (Å²) >= 11 is 0. The van der Waals surface area contributed by atoms with Crippen molar-refractivity contribution < 1.29 is 4.79 Å². The molecule has 0 saturated heterocycles. The van der Waals surface area contributed by atoms with Gasteiger partial charge in [-0.1, -0.05) is 57.2 Å². The third-order valence-corrected chi connectivity index (χ3v) is 5.05. The summed E-state index contributed by atoms with van der Waals surface area (Å²) in [6.07, 6.45) is 9.15. The van der Waals surface area contributed by atoms with Gasteiger partial charge in [-0.15, -0.1) is 0 Å². The van der Waals surface area contributed by atoms with Gasteiger partial charge in [-0.3, -0.25) is 9.78 Å². The van der Waals surface area contributed by atoms with Crippen LogP contribution in [0.3, 0.4) is 0 Å². The van der Waals surface area contributed by atoms with Gasteiger partial charge in [0.2, 0.25) is 0 Å². The lowest BCUT2D eigenvalue weighted by molar-refractivity contribution is 0.0932. The van der Waals surface area contributed by atoms with Crippen LogP contribution < -0.4 is 5.32 Å². The van der Waals surface area contributed by atoms with E-state index in [2.05, 4.69) is 27.9 Å². The van der Waals surface area contributed by atoms with E-state index in [9.17, 15) is 4.79 Å². The molecule has 1 amide bonds. The van der Waals surface area contributed by atoms with Crippen molar-refractivity contribution in [3.63, 3.8) is 0 Å². The zero-order valence-corrected chi connectivity index (χ0v) is 16.9. The number of unbranched alkanes of at least 4 members (excludes halogenated alkanes) is 5. The molecule has 2 aromatic heterocycles. The monoisotopic (exact) mass is 378 g/mol. The number of aromatic nitrogens is 3. The maximum absolute atomic E-state index is 12.5. The van der Waals surface area contributed by atoms with Crippen molar-refractivity contribution in [3.05, 3.63) is 60.2 Å². The molecule has 3 aromatic rings. The summed E-state index contributed by atoms with van der Waals surface area (Å²) in [5, 5.41) is 3.05. The fourth-order valence-corrected chi connectivity index (χ4v) is 3.54. The molecule has 0 fully saturated rings. The summed E-state index contributed by atoms with van der Waals surface area (Å²) in [5.41, 5.74) is 2.53. The predicted molar refractivity (Wildman–Crippen MR) is 113 cm³/mol. The Labute approximate surface area is 167 Å². The average Bonchev–Trinajstić information content (AvgIpc) is 3.10. The number of fused-ring (bicyclic) bond motifs is 1. The van der Waals surface area contributed by atoms with Crippen LogP contribution in [0.25, 0.3) is 11.0 Å². The molecular weight excluding hydrogens is 348 g/mol. The highest BCUT2D eigenvalue weighted by Gasteiger charge is 2.19. The molecule has 3 rings (SSSR count). The van der Waals surface area contributed by atoms with Crippen LogP contribution in [0.4, 0.5) is 0 Å². The van der Waals surface area contributed by atoms with E-state index in [1.807, 2.05) is 31.2 Å². The SMILES string of the molecule is CCCCCCCCn1c(C(C)NC(=O)c2ccccn2)nc2ccccc21. The Morgan fingerprint density at radius 3 is 2.57 bits per heavy atom. The Kier molecular flexibility index (Phi) is 7.18. The zero-order valence-electron chi connectivity index (χ0n) is 16.9. The van der Waals surface area contributed by atoms with E-state index >= 15 is 0 Å². The first-order valence-corrected chi connectivity index (χ1v) is 10.4. The van der Waals surface area contributed by atoms with Crippen LogP contribution in [0.2, 0.25) is 0 Å². The standard InChI is InChI=1S/C23H30N4O/c1-3-4-5-6-7-12-17-27-21-15-9-8-13-19(21)26-22(27)18(2)25-23(28)20-14-10-11-16-24-20/h8-11,13-16,18H,3-7,12,17H2,1-2H3,(H,25,28). The molecule has 1 unspecified atom stereocenters. The normalized spacial score (nSPS) is 12.2. The quantitative estimate of drug-likeness (QED) is 0.488. The van der Waals surface area contributed by atoms with Crippen LogP contribution >= 0.6 is 0 Å². The minimum absolute atomic E-state index is 0.175. The van der Waals surface area contributed by atoms with E-state index in [0.717, 1.165) is 29.8 Å². The van der Waals surface area contributed by atoms with Gasteiger partial charge in [0.15, 0.2) is 0 Å². The Morgan fingerprint density at radius 2 is 1.79 bits per heavy atom. The smallest absolute Gasteiger partial charge is 0.270 e. The highest BCUT2D eigenvalue weighted by molar-refractivity contribution is 5.92. The summed E-state index contributed by atoms with van der Waals surface area (Å²) in [7, 11) is 0. The number of carbonyl (C=O) groups is 1. The Bertz CT molecular complexity index is 888. The Balaban J connectivity index is 1.73. The van der Waals surface area contributed by atoms with Crippen molar-refractivity contribution in [2.75, 3.05) is 0 Å². The van der Waals surface area contributed by atoms with Gasteiger partial charge >= 0.3 is 0 Å². The highest BCUT2D eigenvalue weighted by Crippen LogP contribution is 2.22. The van der Waals surface area contributed by atoms with Gasteiger partial charge in [0.1, 0.15) is 11.5 Å². The van der Waals surface area contributed by atoms with Gasteiger partial charge in [0, 0.05) is 12.7 Å². The van der Waals surface area contributed by atoms with Crippen LogP contribution in [-0.2, 0) is 6.54 Å². The number of nitrogens with zero attached hydrogens (tertiary/aromatic N) is 3. The van der Waals surface area contributed by atoms with E-state index in [4.69, 9.17) is 4.98 Å². The number of amides is 1. The summed E-state index contributed by atoms with van der Waals surface area (Å²) < 4.78 is 2.26. The van der Waals surface area contributed by atoms with E-state index in [0.29, 0.717) is 5.69 Å². The van der Waals surface area contributed by atoms with E-state index in [-0.39, 0.29) is 11.9 Å². The first kappa shape index (κ1) is 20.1. The van der Waals surface area contributed by atoms with E-state index in [1.54, 1.807) is 18.3 Å². The lowest BCUT2D eigenvalue weighted by Gasteiger charge is -2.16. The number of pyridine rings is 1. The van der Waals surface area contributed by atoms with Gasteiger partial charge in [-0.2, -0.15) is 0 Å². The van der Waals surface area contributed by atoms with Crippen molar-refractivity contribution in [3.8, 4) is 0 Å². The number of benzene rings is 1. The van der Waals surface area contributed by atoms with Crippen LogP contribution in [-0.4, -0.2) is 20.4 Å². The average molecular weight is 379 g/mol. The number of nitrogens with one attached hydrogen (secondary N) is 1. The molecule has 0 radical (unpaired) electrons. The van der Waals surface area contributed by atoms with Crippen LogP contribution in [0.15, 0.2) is 48.7 Å². The molecule has 0 spiro atoms. The van der Waals surface area contributed by atoms with E-state index in [1.165, 1.54) is 32.1 Å². The number of hydrogen-bond donors (Lipinski definition) is 1. The maximum Gasteiger partial charge on any atom is 0.270 e. The molecule has 5 heteroatoms. The number of hydrogen-bond acceptors (Lipinski definition) is 3. The maximum atomic E-state index is 12.5. The second-order valence-electron chi connectivity index (χ2n) is 7.29. The largest absolute Gasteiger partial charge is 0.341 e. The molecule has 0 aliphatic heterocycles. The van der Waals surface area contributed by atoms with Crippen LogP contribution in [0.1, 0.15) is 74.7 Å². The molecule has 0 aliphatic carbocycles. The van der Waals surface area contributed by atoms with Crippen LogP contribution in [0.5, 0.6) is 0 Å². The van der Waals surface area contributed by atoms with Crippen molar-refractivity contribution in [1.82, 2.24) is 19.9 Å². The molecular formula is C23H30N4O. The Morgan fingerprint density at radius 1 is 1.04 bits per heavy atom. The summed E-state index contributed by atoms with van der Waals surface area (Å²) in [6.45, 7) is 5.15. The van der Waals surface area contributed by atoms with Crippen molar-refractivity contribution in [1.29, 1.82) is 0 Å². The summed E-state index contributed by atoms with van der Waals surface area (Å²) in [4.78, 5) is 21.5. The van der Waals surface area contributed by atoms with Gasteiger partial charge in [0.05, 0.1) is 17.1 Å². The highest BCUT2D eigenvalue weighted by atomic mass is 16.1. The fourth-order valence-electron chi connectivity index (χ4n) is 3.54. The molecule has 0 aliphatic rings. The number of rotatable bonds is 10. The molecule has 1 atom stereocenters. The lowest BCUT2D eigenvalue weighted by Crippen LogP contribution is -2.29. The van der Waals surface area contributed by atoms with Gasteiger partial charge in [-0.25, -0.2) is 4.98 Å². The molecule has 28 heavy (non-hydrogen) atoms. The first-order chi connectivity index (χ1) is 13.7. The zero-order chi connectivity index (χ0) is 19.8. The van der Waals surface area contributed by atoms with Crippen molar-refractivity contribution >= 4 is 16.9 Å². The number of imidazole rings is 1. The van der Waals surface area contributed by atoms with Gasteiger partial charge < -0.3 is 9.88 Å². The summed E-state index contributed by atoms with van der Waals surface area (Å²) in [5.74, 6) is 0.727. The first-order valence-electron chi connectivity index (χ1n) is 10.4. The molecule has 0 saturated carbocycles. The molecule has 2 heterocycles. The van der Waals surface area contributed by atoms with Gasteiger partial charge in [-0.05, 0) is 37.6 Å². The second-order valence-corrected chi connectivity index (χ2v) is 7.29. The number of para-hydroxylation sites is 2. The van der Waals surface area contributed by atoms with Crippen molar-refractivity contribution in [2.24, 2.45) is 0 Å². The summed E-state index contributed by atoms with van der Waals surface area (Å²) in [6, 6.07) is 13.3. The van der Waals surface area contributed by atoms with Crippen molar-refractivity contribution in [2.45, 2.75) is 65.0 Å². The topological polar surface area (TPSA) is 59.8 Å². The number of aryl methyl sites for hydroxylation is 1. The number of carbonyl (C=O) groups excluding carboxylic acids is 1. The minimum atomic E-state index is -0.193. The van der Waals surface area contributed by atoms with E-state index < -0.39 is 0 Å². The second kappa shape index (κ2) is 10.0. The molecule has 148 valence electrons. The Hall–Kier alpha value is -2.69. The molecule has 0 bridgehead atoms. The third kappa shape index (κ3) is 4.97. The third-order valence-electron chi connectivity index (χ3n) is 5.05. The van der Waals surface area contributed by atoms with Gasteiger partial charge in [0.25, 0.3) is 5.91 Å². The molecule has 1 aromatic carbocycles. The molecule has 1 N–H and O–H groups in total. The van der Waals surface area contributed by atoms with Crippen LogP contribution in [0, 0.1) is 0 Å².